The number of aromatic nitrogens is 2. The lowest BCUT2D eigenvalue weighted by Crippen LogP contribution is -2.02. The molecule has 0 aliphatic carbocycles. The third-order valence-electron chi connectivity index (χ3n) is 2.89. The Morgan fingerprint density at radius 3 is 2.68 bits per heavy atom. The summed E-state index contributed by atoms with van der Waals surface area (Å²) in [7, 11) is 0. The lowest BCUT2D eigenvalue weighted by molar-refractivity contribution is 0.615. The van der Waals surface area contributed by atoms with Crippen LogP contribution in [-0.2, 0) is 6.54 Å². The summed E-state index contributed by atoms with van der Waals surface area (Å²) in [5.41, 5.74) is 1.65. The molecule has 0 atom stereocenters. The first-order chi connectivity index (χ1) is 9.15. The number of fused-ring (bicyclic) bond motifs is 1. The Morgan fingerprint density at radius 1 is 1.21 bits per heavy atom. The Kier molecular flexibility index (Phi) is 3.58. The molecule has 1 aromatic heterocycles. The van der Waals surface area contributed by atoms with Crippen LogP contribution in [0.3, 0.4) is 0 Å². The van der Waals surface area contributed by atoms with Gasteiger partial charge in [0.25, 0.3) is 0 Å². The zero-order chi connectivity index (χ0) is 13.4. The molecule has 0 saturated heterocycles. The van der Waals surface area contributed by atoms with E-state index in [9.17, 15) is 4.39 Å². The number of halogens is 3. The fraction of sp³-hybridized carbons (Fsp3) is 0.0714. The largest absolute Gasteiger partial charge is 0.256 e. The molecule has 0 aliphatic heterocycles. The SMILES string of the molecule is Fc1cc(Br)cc2c(I)nn(Cc3ccccc3)c12. The maximum atomic E-state index is 14.1. The molecule has 0 spiro atoms. The Labute approximate surface area is 131 Å². The van der Waals surface area contributed by atoms with Crippen molar-refractivity contribution in [1.29, 1.82) is 0 Å². The van der Waals surface area contributed by atoms with E-state index in [1.54, 1.807) is 4.68 Å². The Hall–Kier alpha value is -0.950. The van der Waals surface area contributed by atoms with Gasteiger partial charge in [0.2, 0.25) is 0 Å². The topological polar surface area (TPSA) is 17.8 Å². The highest BCUT2D eigenvalue weighted by Crippen LogP contribution is 2.27. The van der Waals surface area contributed by atoms with E-state index in [1.165, 1.54) is 6.07 Å². The van der Waals surface area contributed by atoms with Crippen molar-refractivity contribution in [2.75, 3.05) is 0 Å². The van der Waals surface area contributed by atoms with Crippen molar-refractivity contribution < 1.29 is 4.39 Å². The van der Waals surface area contributed by atoms with Gasteiger partial charge in [-0.25, -0.2) is 4.39 Å². The monoisotopic (exact) mass is 430 g/mol. The molecule has 2 aromatic carbocycles. The van der Waals surface area contributed by atoms with Crippen molar-refractivity contribution in [2.24, 2.45) is 0 Å². The first-order valence-electron chi connectivity index (χ1n) is 5.70. The number of hydrogen-bond donors (Lipinski definition) is 0. The molecule has 1 heterocycles. The Morgan fingerprint density at radius 2 is 1.95 bits per heavy atom. The maximum absolute atomic E-state index is 14.1. The molecular weight excluding hydrogens is 422 g/mol. The minimum atomic E-state index is -0.254. The highest BCUT2D eigenvalue weighted by atomic mass is 127. The summed E-state index contributed by atoms with van der Waals surface area (Å²) in [5.74, 6) is -0.254. The van der Waals surface area contributed by atoms with Gasteiger partial charge in [-0.3, -0.25) is 4.68 Å². The van der Waals surface area contributed by atoms with Gasteiger partial charge in [-0.2, -0.15) is 5.10 Å². The quantitative estimate of drug-likeness (QED) is 0.543. The van der Waals surface area contributed by atoms with Gasteiger partial charge in [-0.15, -0.1) is 0 Å². The van der Waals surface area contributed by atoms with Gasteiger partial charge in [0.15, 0.2) is 0 Å². The molecule has 2 nitrogen and oxygen atoms in total. The van der Waals surface area contributed by atoms with Gasteiger partial charge in [0, 0.05) is 9.86 Å². The molecule has 0 fully saturated rings. The third kappa shape index (κ3) is 2.53. The molecule has 3 rings (SSSR count). The minimum Gasteiger partial charge on any atom is -0.256 e. The first-order valence-corrected chi connectivity index (χ1v) is 7.57. The Balaban J connectivity index is 2.15. The third-order valence-corrected chi connectivity index (χ3v) is 4.15. The molecule has 0 unspecified atom stereocenters. The minimum absolute atomic E-state index is 0.254. The molecule has 0 N–H and O–H groups in total. The van der Waals surface area contributed by atoms with Crippen LogP contribution in [0, 0.1) is 9.52 Å². The Bertz CT molecular complexity index is 740. The number of rotatable bonds is 2. The molecule has 0 bridgehead atoms. The predicted octanol–water partition coefficient (Wildman–Crippen LogP) is 4.59. The number of nitrogens with zero attached hydrogens (tertiary/aromatic N) is 2. The molecular formula is C14H9BrFIN2. The van der Waals surface area contributed by atoms with E-state index < -0.39 is 0 Å². The fourth-order valence-corrected chi connectivity index (χ4v) is 3.17. The summed E-state index contributed by atoms with van der Waals surface area (Å²) in [6, 6.07) is 13.3. The molecule has 0 amide bonds. The van der Waals surface area contributed by atoms with Crippen LogP contribution in [-0.4, -0.2) is 9.78 Å². The molecule has 0 radical (unpaired) electrons. The average molecular weight is 431 g/mol. The number of hydrogen-bond acceptors (Lipinski definition) is 1. The fourth-order valence-electron chi connectivity index (χ4n) is 2.07. The van der Waals surface area contributed by atoms with Crippen molar-refractivity contribution in [1.82, 2.24) is 9.78 Å². The standard InChI is InChI=1S/C14H9BrFIN2/c15-10-6-11-13(12(16)7-10)19(18-14(11)17)8-9-4-2-1-3-5-9/h1-7H,8H2. The van der Waals surface area contributed by atoms with Crippen molar-refractivity contribution in [2.45, 2.75) is 6.54 Å². The zero-order valence-electron chi connectivity index (χ0n) is 9.78. The molecule has 3 aromatic rings. The summed E-state index contributed by atoms with van der Waals surface area (Å²) < 4.78 is 17.4. The summed E-state index contributed by atoms with van der Waals surface area (Å²) in [6.07, 6.45) is 0. The molecule has 19 heavy (non-hydrogen) atoms. The second kappa shape index (κ2) is 5.20. The average Bonchev–Trinajstić information content (AvgIpc) is 2.67. The van der Waals surface area contributed by atoms with Crippen LogP contribution >= 0.6 is 38.5 Å². The second-order valence-electron chi connectivity index (χ2n) is 4.22. The van der Waals surface area contributed by atoms with Crippen LogP contribution in [0.1, 0.15) is 5.56 Å². The molecule has 5 heteroatoms. The van der Waals surface area contributed by atoms with E-state index in [1.807, 2.05) is 36.4 Å². The zero-order valence-corrected chi connectivity index (χ0v) is 13.5. The van der Waals surface area contributed by atoms with Crippen LogP contribution < -0.4 is 0 Å². The summed E-state index contributed by atoms with van der Waals surface area (Å²) in [4.78, 5) is 0. The number of benzene rings is 2. The summed E-state index contributed by atoms with van der Waals surface area (Å²) in [6.45, 7) is 0.568. The second-order valence-corrected chi connectivity index (χ2v) is 6.16. The van der Waals surface area contributed by atoms with Crippen molar-refractivity contribution in [3.63, 3.8) is 0 Å². The predicted molar refractivity (Wildman–Crippen MR) is 85.7 cm³/mol. The van der Waals surface area contributed by atoms with Crippen LogP contribution in [0.5, 0.6) is 0 Å². The van der Waals surface area contributed by atoms with Crippen LogP contribution in [0.25, 0.3) is 10.9 Å². The lowest BCUT2D eigenvalue weighted by atomic mass is 10.2. The smallest absolute Gasteiger partial charge is 0.150 e. The highest BCUT2D eigenvalue weighted by molar-refractivity contribution is 14.1. The van der Waals surface area contributed by atoms with E-state index in [2.05, 4.69) is 43.6 Å². The molecule has 0 saturated carbocycles. The summed E-state index contributed by atoms with van der Waals surface area (Å²) in [5, 5.41) is 5.27. The first kappa shape index (κ1) is 13.1. The van der Waals surface area contributed by atoms with Crippen LogP contribution in [0.2, 0.25) is 0 Å². The van der Waals surface area contributed by atoms with Crippen molar-refractivity contribution in [3.8, 4) is 0 Å². The lowest BCUT2D eigenvalue weighted by Gasteiger charge is -2.04. The molecule has 0 aliphatic rings. The molecule has 96 valence electrons. The van der Waals surface area contributed by atoms with Crippen LogP contribution in [0.15, 0.2) is 46.9 Å². The van der Waals surface area contributed by atoms with Gasteiger partial charge in [0.05, 0.1) is 6.54 Å². The van der Waals surface area contributed by atoms with E-state index in [0.717, 1.165) is 19.1 Å². The maximum Gasteiger partial charge on any atom is 0.150 e. The van der Waals surface area contributed by atoms with Crippen molar-refractivity contribution in [3.05, 3.63) is 62.0 Å². The van der Waals surface area contributed by atoms with Gasteiger partial charge in [-0.05, 0) is 40.3 Å². The van der Waals surface area contributed by atoms with Crippen molar-refractivity contribution >= 4 is 49.4 Å². The van der Waals surface area contributed by atoms with Gasteiger partial charge >= 0.3 is 0 Å². The van der Waals surface area contributed by atoms with E-state index in [4.69, 9.17) is 0 Å². The van der Waals surface area contributed by atoms with E-state index in [-0.39, 0.29) is 5.82 Å². The van der Waals surface area contributed by atoms with E-state index in [0.29, 0.717) is 12.1 Å². The van der Waals surface area contributed by atoms with Crippen LogP contribution in [0.4, 0.5) is 4.39 Å². The van der Waals surface area contributed by atoms with Gasteiger partial charge in [-0.1, -0.05) is 46.3 Å². The normalized spacial score (nSPS) is 11.1. The van der Waals surface area contributed by atoms with Gasteiger partial charge < -0.3 is 0 Å². The van der Waals surface area contributed by atoms with E-state index >= 15 is 0 Å². The van der Waals surface area contributed by atoms with Gasteiger partial charge in [0.1, 0.15) is 15.0 Å². The summed E-state index contributed by atoms with van der Waals surface area (Å²) >= 11 is 5.45. The highest BCUT2D eigenvalue weighted by Gasteiger charge is 2.14.